The topological polar surface area (TPSA) is 55.6 Å². The molecule has 0 aromatic carbocycles. The third kappa shape index (κ3) is 3.17. The summed E-state index contributed by atoms with van der Waals surface area (Å²) in [6.45, 7) is 2.67. The van der Waals surface area contributed by atoms with E-state index in [4.69, 9.17) is 11.6 Å². The van der Waals surface area contributed by atoms with Crippen LogP contribution in [-0.2, 0) is 20.0 Å². The van der Waals surface area contributed by atoms with Crippen molar-refractivity contribution in [2.24, 2.45) is 7.05 Å². The maximum Gasteiger partial charge on any atom is 0.134 e. The quantitative estimate of drug-likeness (QED) is 0.845. The molecule has 0 atom stereocenters. The van der Waals surface area contributed by atoms with Crippen molar-refractivity contribution in [3.8, 4) is 0 Å². The van der Waals surface area contributed by atoms with E-state index in [1.165, 1.54) is 0 Å². The second kappa shape index (κ2) is 5.14. The Morgan fingerprint density at radius 1 is 1.41 bits per heavy atom. The van der Waals surface area contributed by atoms with Crippen LogP contribution in [-0.4, -0.2) is 19.7 Å². The fourth-order valence-corrected chi connectivity index (χ4v) is 1.67. The Bertz CT molecular complexity index is 508. The van der Waals surface area contributed by atoms with Crippen LogP contribution in [0.2, 0.25) is 5.15 Å². The SMILES string of the molecule is CCc1nc(Cl)cc(NCc2cnn(C)c2)n1. The number of hydrogen-bond donors (Lipinski definition) is 1. The van der Waals surface area contributed by atoms with E-state index in [1.54, 1.807) is 10.7 Å². The van der Waals surface area contributed by atoms with E-state index >= 15 is 0 Å². The molecule has 0 spiro atoms. The van der Waals surface area contributed by atoms with Crippen molar-refractivity contribution in [2.75, 3.05) is 5.32 Å². The lowest BCUT2D eigenvalue weighted by molar-refractivity contribution is 0.767. The van der Waals surface area contributed by atoms with Crippen molar-refractivity contribution in [3.05, 3.63) is 35.0 Å². The molecule has 2 aromatic heterocycles. The van der Waals surface area contributed by atoms with Crippen LogP contribution in [0.5, 0.6) is 0 Å². The lowest BCUT2D eigenvalue weighted by Gasteiger charge is -2.05. The molecule has 6 heteroatoms. The van der Waals surface area contributed by atoms with Crippen LogP contribution < -0.4 is 5.32 Å². The molecule has 2 rings (SSSR count). The van der Waals surface area contributed by atoms with E-state index in [2.05, 4.69) is 20.4 Å². The molecule has 0 unspecified atom stereocenters. The summed E-state index contributed by atoms with van der Waals surface area (Å²) in [7, 11) is 1.89. The van der Waals surface area contributed by atoms with Gasteiger partial charge in [0.1, 0.15) is 16.8 Å². The maximum absolute atomic E-state index is 5.91. The normalized spacial score (nSPS) is 10.5. The fourth-order valence-electron chi connectivity index (χ4n) is 1.47. The van der Waals surface area contributed by atoms with Gasteiger partial charge in [0.15, 0.2) is 0 Å². The number of rotatable bonds is 4. The van der Waals surface area contributed by atoms with Gasteiger partial charge in [-0.05, 0) is 0 Å². The number of halogens is 1. The third-order valence-electron chi connectivity index (χ3n) is 2.29. The molecule has 0 amide bonds. The Morgan fingerprint density at radius 2 is 2.24 bits per heavy atom. The maximum atomic E-state index is 5.91. The van der Waals surface area contributed by atoms with Crippen LogP contribution in [0.1, 0.15) is 18.3 Å². The average Bonchev–Trinajstić information content (AvgIpc) is 2.72. The van der Waals surface area contributed by atoms with Gasteiger partial charge in [-0.25, -0.2) is 9.97 Å². The third-order valence-corrected chi connectivity index (χ3v) is 2.48. The van der Waals surface area contributed by atoms with E-state index in [0.29, 0.717) is 11.7 Å². The van der Waals surface area contributed by atoms with Gasteiger partial charge in [0.25, 0.3) is 0 Å². The monoisotopic (exact) mass is 251 g/mol. The van der Waals surface area contributed by atoms with E-state index in [-0.39, 0.29) is 0 Å². The second-order valence-electron chi connectivity index (χ2n) is 3.72. The van der Waals surface area contributed by atoms with Gasteiger partial charge in [-0.2, -0.15) is 5.10 Å². The van der Waals surface area contributed by atoms with Crippen LogP contribution in [0.25, 0.3) is 0 Å². The molecule has 0 aliphatic carbocycles. The number of aromatic nitrogens is 4. The van der Waals surface area contributed by atoms with Gasteiger partial charge in [-0.15, -0.1) is 0 Å². The zero-order chi connectivity index (χ0) is 12.3. The molecular formula is C11H14ClN5. The number of aryl methyl sites for hydroxylation is 2. The molecule has 0 saturated carbocycles. The number of nitrogens with zero attached hydrogens (tertiary/aromatic N) is 4. The summed E-state index contributed by atoms with van der Waals surface area (Å²) in [5.74, 6) is 1.48. The summed E-state index contributed by atoms with van der Waals surface area (Å²) >= 11 is 5.91. The zero-order valence-electron chi connectivity index (χ0n) is 9.81. The number of anilines is 1. The summed E-state index contributed by atoms with van der Waals surface area (Å²) < 4.78 is 1.77. The first-order chi connectivity index (χ1) is 8.17. The molecule has 90 valence electrons. The van der Waals surface area contributed by atoms with Crippen molar-refractivity contribution >= 4 is 17.4 Å². The molecule has 17 heavy (non-hydrogen) atoms. The van der Waals surface area contributed by atoms with Gasteiger partial charge in [-0.1, -0.05) is 18.5 Å². The molecule has 5 nitrogen and oxygen atoms in total. The van der Waals surface area contributed by atoms with Crippen molar-refractivity contribution < 1.29 is 0 Å². The van der Waals surface area contributed by atoms with Gasteiger partial charge in [0.2, 0.25) is 0 Å². The van der Waals surface area contributed by atoms with Crippen LogP contribution in [0.4, 0.5) is 5.82 Å². The first kappa shape index (κ1) is 11.9. The van der Waals surface area contributed by atoms with Crippen molar-refractivity contribution in [3.63, 3.8) is 0 Å². The largest absolute Gasteiger partial charge is 0.366 e. The van der Waals surface area contributed by atoms with Crippen molar-refractivity contribution in [1.82, 2.24) is 19.7 Å². The van der Waals surface area contributed by atoms with E-state index in [9.17, 15) is 0 Å². The Morgan fingerprint density at radius 3 is 2.88 bits per heavy atom. The number of hydrogen-bond acceptors (Lipinski definition) is 4. The number of nitrogens with one attached hydrogen (secondary N) is 1. The predicted molar refractivity (Wildman–Crippen MR) is 67.0 cm³/mol. The van der Waals surface area contributed by atoms with E-state index < -0.39 is 0 Å². The highest BCUT2D eigenvalue weighted by atomic mass is 35.5. The lowest BCUT2D eigenvalue weighted by atomic mass is 10.3. The smallest absolute Gasteiger partial charge is 0.134 e. The Hall–Kier alpha value is -1.62. The molecule has 0 aliphatic heterocycles. The summed E-state index contributed by atoms with van der Waals surface area (Å²) in [6.07, 6.45) is 4.54. The Balaban J connectivity index is 2.05. The fraction of sp³-hybridized carbons (Fsp3) is 0.364. The molecule has 2 heterocycles. The van der Waals surface area contributed by atoms with Gasteiger partial charge >= 0.3 is 0 Å². The lowest BCUT2D eigenvalue weighted by Crippen LogP contribution is -2.03. The predicted octanol–water partition coefficient (Wildman–Crippen LogP) is 2.04. The van der Waals surface area contributed by atoms with Gasteiger partial charge < -0.3 is 5.32 Å². The first-order valence-corrected chi connectivity index (χ1v) is 5.80. The Kier molecular flexibility index (Phi) is 3.58. The molecular weight excluding hydrogens is 238 g/mol. The standard InChI is InChI=1S/C11H14ClN5/c1-3-10-15-9(12)4-11(16-10)13-5-8-6-14-17(2)7-8/h4,6-7H,3,5H2,1-2H3,(H,13,15,16). The first-order valence-electron chi connectivity index (χ1n) is 5.42. The summed E-state index contributed by atoms with van der Waals surface area (Å²) in [4.78, 5) is 8.45. The molecule has 0 saturated heterocycles. The van der Waals surface area contributed by atoms with Gasteiger partial charge in [0, 0.05) is 37.8 Å². The molecule has 0 aliphatic rings. The molecule has 0 fully saturated rings. The average molecular weight is 252 g/mol. The highest BCUT2D eigenvalue weighted by Gasteiger charge is 2.02. The van der Waals surface area contributed by atoms with Crippen LogP contribution in [0.3, 0.4) is 0 Å². The molecule has 0 bridgehead atoms. The summed E-state index contributed by atoms with van der Waals surface area (Å²) in [5, 5.41) is 7.76. The van der Waals surface area contributed by atoms with Crippen molar-refractivity contribution in [1.29, 1.82) is 0 Å². The second-order valence-corrected chi connectivity index (χ2v) is 4.11. The molecule has 0 radical (unpaired) electrons. The van der Waals surface area contributed by atoms with Crippen molar-refractivity contribution in [2.45, 2.75) is 19.9 Å². The minimum absolute atomic E-state index is 0.463. The highest BCUT2D eigenvalue weighted by molar-refractivity contribution is 6.29. The Labute approximate surface area is 105 Å². The summed E-state index contributed by atoms with van der Waals surface area (Å²) in [6, 6.07) is 1.72. The van der Waals surface area contributed by atoms with Gasteiger partial charge in [0.05, 0.1) is 6.20 Å². The minimum atomic E-state index is 0.463. The highest BCUT2D eigenvalue weighted by Crippen LogP contribution is 2.12. The van der Waals surface area contributed by atoms with E-state index in [1.807, 2.05) is 26.4 Å². The molecule has 1 N–H and O–H groups in total. The zero-order valence-corrected chi connectivity index (χ0v) is 10.6. The summed E-state index contributed by atoms with van der Waals surface area (Å²) in [5.41, 5.74) is 1.10. The van der Waals surface area contributed by atoms with Gasteiger partial charge in [-0.3, -0.25) is 4.68 Å². The van der Waals surface area contributed by atoms with Crippen LogP contribution in [0.15, 0.2) is 18.5 Å². The van der Waals surface area contributed by atoms with Crippen LogP contribution in [0, 0.1) is 0 Å². The molecule has 2 aromatic rings. The van der Waals surface area contributed by atoms with Crippen LogP contribution >= 0.6 is 11.6 Å². The van der Waals surface area contributed by atoms with E-state index in [0.717, 1.165) is 23.6 Å². The minimum Gasteiger partial charge on any atom is -0.366 e.